The highest BCUT2D eigenvalue weighted by molar-refractivity contribution is 7.89. The Morgan fingerprint density at radius 1 is 0.889 bits per heavy atom. The lowest BCUT2D eigenvalue weighted by atomic mass is 10.1. The van der Waals surface area contributed by atoms with E-state index in [4.69, 9.17) is 0 Å². The van der Waals surface area contributed by atoms with Crippen LogP contribution >= 0.6 is 0 Å². The highest BCUT2D eigenvalue weighted by Gasteiger charge is 2.33. The van der Waals surface area contributed by atoms with E-state index in [1.807, 2.05) is 12.1 Å². The smallest absolute Gasteiger partial charge is 0.321 e. The molecule has 1 saturated heterocycles. The molecule has 0 atom stereocenters. The molecule has 0 bridgehead atoms. The number of alkyl halides is 3. The van der Waals surface area contributed by atoms with Gasteiger partial charge < -0.3 is 4.90 Å². The Morgan fingerprint density at radius 3 is 2.28 bits per heavy atom. The number of carbonyl (C=O) groups is 1. The molecule has 186 valence electrons. The van der Waals surface area contributed by atoms with E-state index >= 15 is 0 Å². The van der Waals surface area contributed by atoms with E-state index < -0.39 is 27.7 Å². The fourth-order valence-electron chi connectivity index (χ4n) is 4.46. The van der Waals surface area contributed by atoms with Crippen molar-refractivity contribution in [3.8, 4) is 0 Å². The quantitative estimate of drug-likeness (QED) is 0.487. The molecule has 0 N–H and O–H groups in total. The van der Waals surface area contributed by atoms with Gasteiger partial charge in [0, 0.05) is 29.9 Å². The molecular weight excluding hydrogens is 491 g/mol. The summed E-state index contributed by atoms with van der Waals surface area (Å²) in [5.41, 5.74) is 1.12. The first-order valence-electron chi connectivity index (χ1n) is 11.4. The Labute approximate surface area is 206 Å². The topological polar surface area (TPSA) is 70.0 Å². The minimum atomic E-state index is -4.51. The number of amidine groups is 1. The maximum absolute atomic E-state index is 13.3. The summed E-state index contributed by atoms with van der Waals surface area (Å²) >= 11 is 0. The Hall–Kier alpha value is -3.50. The van der Waals surface area contributed by atoms with Crippen molar-refractivity contribution in [2.45, 2.75) is 30.5 Å². The van der Waals surface area contributed by atoms with Crippen LogP contribution in [0.2, 0.25) is 0 Å². The van der Waals surface area contributed by atoms with Crippen molar-refractivity contribution in [3.63, 3.8) is 0 Å². The molecule has 3 aromatic carbocycles. The number of benzene rings is 3. The van der Waals surface area contributed by atoms with Crippen LogP contribution in [0.4, 0.5) is 18.9 Å². The van der Waals surface area contributed by atoms with Crippen molar-refractivity contribution in [3.05, 3.63) is 95.1 Å². The van der Waals surface area contributed by atoms with Crippen LogP contribution in [-0.2, 0) is 22.7 Å². The largest absolute Gasteiger partial charge is 0.416 e. The van der Waals surface area contributed by atoms with Gasteiger partial charge >= 0.3 is 6.18 Å². The molecule has 6 nitrogen and oxygen atoms in total. The lowest BCUT2D eigenvalue weighted by molar-refractivity contribution is -0.137. The molecule has 5 rings (SSSR count). The number of sulfonamides is 1. The van der Waals surface area contributed by atoms with Crippen LogP contribution in [0.15, 0.2) is 82.7 Å². The van der Waals surface area contributed by atoms with E-state index in [-0.39, 0.29) is 28.5 Å². The maximum atomic E-state index is 13.3. The van der Waals surface area contributed by atoms with Crippen molar-refractivity contribution in [1.82, 2.24) is 4.31 Å². The molecule has 0 unspecified atom stereocenters. The molecule has 1 amide bonds. The van der Waals surface area contributed by atoms with Crippen molar-refractivity contribution in [2.75, 3.05) is 18.0 Å². The lowest BCUT2D eigenvalue weighted by Crippen LogP contribution is -2.27. The molecular formula is C26H22F3N3O3S. The predicted octanol–water partition coefficient (Wildman–Crippen LogP) is 5.10. The molecule has 0 spiro atoms. The van der Waals surface area contributed by atoms with E-state index in [9.17, 15) is 26.4 Å². The van der Waals surface area contributed by atoms with Gasteiger partial charge in [0.2, 0.25) is 10.0 Å². The first-order chi connectivity index (χ1) is 17.1. The number of carbonyl (C=O) groups excluding carboxylic acids is 1. The number of rotatable bonds is 4. The molecule has 0 saturated carbocycles. The average molecular weight is 514 g/mol. The molecule has 2 aliphatic heterocycles. The Balaban J connectivity index is 1.48. The lowest BCUT2D eigenvalue weighted by Gasteiger charge is -2.20. The minimum Gasteiger partial charge on any atom is -0.321 e. The minimum absolute atomic E-state index is 0.102. The third kappa shape index (κ3) is 4.54. The van der Waals surface area contributed by atoms with E-state index in [0.29, 0.717) is 18.7 Å². The summed E-state index contributed by atoms with van der Waals surface area (Å²) in [6.45, 7) is 1.21. The van der Waals surface area contributed by atoms with Gasteiger partial charge in [0.25, 0.3) is 5.91 Å². The highest BCUT2D eigenvalue weighted by atomic mass is 32.2. The number of amides is 1. The third-order valence-electron chi connectivity index (χ3n) is 6.34. The molecule has 0 aliphatic carbocycles. The molecule has 2 heterocycles. The van der Waals surface area contributed by atoms with E-state index in [1.165, 1.54) is 34.6 Å². The molecule has 10 heteroatoms. The monoisotopic (exact) mass is 513 g/mol. The van der Waals surface area contributed by atoms with Gasteiger partial charge in [0.05, 0.1) is 17.0 Å². The van der Waals surface area contributed by atoms with Crippen molar-refractivity contribution in [2.24, 2.45) is 4.99 Å². The van der Waals surface area contributed by atoms with Gasteiger partial charge in [-0.2, -0.15) is 22.5 Å². The summed E-state index contributed by atoms with van der Waals surface area (Å²) in [5.74, 6) is -0.382. The summed E-state index contributed by atoms with van der Waals surface area (Å²) in [4.78, 5) is 19.0. The number of anilines is 1. The van der Waals surface area contributed by atoms with Crippen LogP contribution in [0, 0.1) is 0 Å². The Morgan fingerprint density at radius 2 is 1.58 bits per heavy atom. The molecule has 36 heavy (non-hydrogen) atoms. The zero-order valence-corrected chi connectivity index (χ0v) is 19.9. The highest BCUT2D eigenvalue weighted by Crippen LogP contribution is 2.35. The first kappa shape index (κ1) is 24.2. The fourth-order valence-corrected chi connectivity index (χ4v) is 5.98. The van der Waals surface area contributed by atoms with Gasteiger partial charge in [-0.1, -0.05) is 30.3 Å². The molecule has 2 aliphatic rings. The number of hydrogen-bond acceptors (Lipinski definition) is 3. The molecule has 1 fully saturated rings. The zero-order valence-electron chi connectivity index (χ0n) is 19.1. The summed E-state index contributed by atoms with van der Waals surface area (Å²) < 4.78 is 66.9. The second kappa shape index (κ2) is 9.18. The van der Waals surface area contributed by atoms with E-state index in [1.54, 1.807) is 23.1 Å². The standard InChI is InChI=1S/C26H22F3N3O3S/c27-26(28,29)20-7-5-8-21(16-20)32-17-19-6-1-2-9-23(19)24(32)30-25(33)18-10-12-22(13-11-18)36(34,35)31-14-3-4-15-31/h1-2,5-13,16H,3-4,14-15,17H2. The van der Waals surface area contributed by atoms with Crippen LogP contribution in [0.1, 0.15) is 39.9 Å². The van der Waals surface area contributed by atoms with Gasteiger partial charge in [0.1, 0.15) is 5.84 Å². The maximum Gasteiger partial charge on any atom is 0.416 e. The Bertz CT molecular complexity index is 1450. The van der Waals surface area contributed by atoms with Crippen LogP contribution in [0.5, 0.6) is 0 Å². The van der Waals surface area contributed by atoms with Gasteiger partial charge in [-0.15, -0.1) is 0 Å². The first-order valence-corrected chi connectivity index (χ1v) is 12.8. The SMILES string of the molecule is O=C(N=C1c2ccccc2CN1c1cccc(C(F)(F)F)c1)c1ccc(S(=O)(=O)N2CCCC2)cc1. The van der Waals surface area contributed by atoms with Crippen LogP contribution in [0.25, 0.3) is 0 Å². The number of halogens is 3. The number of nitrogens with zero attached hydrogens (tertiary/aromatic N) is 3. The van der Waals surface area contributed by atoms with Crippen LogP contribution in [-0.4, -0.2) is 37.6 Å². The van der Waals surface area contributed by atoms with Gasteiger partial charge in [0.15, 0.2) is 0 Å². The van der Waals surface area contributed by atoms with Crippen LogP contribution < -0.4 is 4.90 Å². The number of hydrogen-bond donors (Lipinski definition) is 0. The van der Waals surface area contributed by atoms with Gasteiger partial charge in [-0.3, -0.25) is 4.79 Å². The van der Waals surface area contributed by atoms with E-state index in [0.717, 1.165) is 30.5 Å². The number of aliphatic imine (C=N–C) groups is 1. The molecule has 3 aromatic rings. The van der Waals surface area contributed by atoms with Gasteiger partial charge in [-0.25, -0.2) is 8.42 Å². The predicted molar refractivity (Wildman–Crippen MR) is 129 cm³/mol. The fraction of sp³-hybridized carbons (Fsp3) is 0.231. The Kier molecular flexibility index (Phi) is 6.17. The second-order valence-corrected chi connectivity index (χ2v) is 10.6. The normalized spacial score (nSPS) is 17.5. The van der Waals surface area contributed by atoms with Crippen LogP contribution in [0.3, 0.4) is 0 Å². The van der Waals surface area contributed by atoms with E-state index in [2.05, 4.69) is 4.99 Å². The second-order valence-electron chi connectivity index (χ2n) is 8.67. The summed E-state index contributed by atoms with van der Waals surface area (Å²) in [7, 11) is -3.62. The van der Waals surface area contributed by atoms with Crippen molar-refractivity contribution in [1.29, 1.82) is 0 Å². The summed E-state index contributed by atoms with van der Waals surface area (Å²) in [6, 6.07) is 17.6. The summed E-state index contributed by atoms with van der Waals surface area (Å²) in [5, 5.41) is 0. The average Bonchev–Trinajstić information content (AvgIpc) is 3.53. The molecule has 0 radical (unpaired) electrons. The molecule has 0 aromatic heterocycles. The van der Waals surface area contributed by atoms with Gasteiger partial charge in [-0.05, 0) is 60.9 Å². The summed E-state index contributed by atoms with van der Waals surface area (Å²) in [6.07, 6.45) is -2.87. The third-order valence-corrected chi connectivity index (χ3v) is 8.25. The number of fused-ring (bicyclic) bond motifs is 1. The van der Waals surface area contributed by atoms with Crippen molar-refractivity contribution < 1.29 is 26.4 Å². The zero-order chi connectivity index (χ0) is 25.5. The van der Waals surface area contributed by atoms with Crippen molar-refractivity contribution >= 4 is 27.5 Å².